The van der Waals surface area contributed by atoms with Crippen molar-refractivity contribution in [3.05, 3.63) is 105 Å². The van der Waals surface area contributed by atoms with E-state index in [1.807, 2.05) is 35.2 Å². The minimum absolute atomic E-state index is 0.0275. The fraction of sp³-hybridized carbons (Fsp3) is 0.367. The maximum Gasteiger partial charge on any atom is 0.261 e. The Kier molecular flexibility index (Phi) is 7.70. The number of piperazine rings is 1. The fourth-order valence-corrected chi connectivity index (χ4v) is 5.66. The first-order chi connectivity index (χ1) is 18.0. The molecule has 0 N–H and O–H groups in total. The van der Waals surface area contributed by atoms with Crippen molar-refractivity contribution in [3.8, 4) is 0 Å². The Hall–Kier alpha value is -3.06. The highest BCUT2D eigenvalue weighted by Gasteiger charge is 2.36. The van der Waals surface area contributed by atoms with Gasteiger partial charge in [0.1, 0.15) is 5.82 Å². The van der Waals surface area contributed by atoms with Gasteiger partial charge in [0.25, 0.3) is 5.56 Å². The monoisotopic (exact) mass is 515 g/mol. The van der Waals surface area contributed by atoms with Crippen LogP contribution in [0.25, 0.3) is 10.9 Å². The van der Waals surface area contributed by atoms with Crippen LogP contribution in [0.2, 0.25) is 5.02 Å². The van der Waals surface area contributed by atoms with Crippen LogP contribution in [0.15, 0.2) is 77.9 Å². The topological polar surface area (TPSA) is 54.3 Å². The van der Waals surface area contributed by atoms with Crippen LogP contribution < -0.4 is 5.56 Å². The van der Waals surface area contributed by atoms with Gasteiger partial charge >= 0.3 is 0 Å². The van der Waals surface area contributed by atoms with Crippen molar-refractivity contribution < 1.29 is 0 Å². The van der Waals surface area contributed by atoms with Crippen molar-refractivity contribution in [2.45, 2.75) is 51.9 Å². The summed E-state index contributed by atoms with van der Waals surface area (Å²) < 4.78 is 1.87. The van der Waals surface area contributed by atoms with Gasteiger partial charge in [-0.1, -0.05) is 48.9 Å². The highest BCUT2D eigenvalue weighted by atomic mass is 35.5. The third-order valence-electron chi connectivity index (χ3n) is 7.49. The second kappa shape index (κ2) is 11.1. The molecule has 1 fully saturated rings. The zero-order chi connectivity index (χ0) is 25.9. The molecule has 37 heavy (non-hydrogen) atoms. The molecule has 7 heteroatoms. The molecule has 2 unspecified atom stereocenters. The minimum Gasteiger partial charge on any atom is -0.298 e. The first-order valence-corrected chi connectivity index (χ1v) is 13.5. The Balaban J connectivity index is 1.65. The Morgan fingerprint density at radius 3 is 2.49 bits per heavy atom. The summed E-state index contributed by atoms with van der Waals surface area (Å²) in [6, 6.07) is 20.3. The van der Waals surface area contributed by atoms with Crippen LogP contribution in [-0.2, 0) is 6.54 Å². The van der Waals surface area contributed by atoms with Gasteiger partial charge < -0.3 is 0 Å². The van der Waals surface area contributed by atoms with Gasteiger partial charge in [-0.3, -0.25) is 24.1 Å². The second-order valence-corrected chi connectivity index (χ2v) is 10.5. The van der Waals surface area contributed by atoms with Crippen molar-refractivity contribution in [2.24, 2.45) is 0 Å². The van der Waals surface area contributed by atoms with Crippen LogP contribution in [0.1, 0.15) is 56.2 Å². The second-order valence-electron chi connectivity index (χ2n) is 10.1. The molecular formula is C30H34ClN5O. The molecule has 1 aliphatic rings. The molecule has 6 nitrogen and oxygen atoms in total. The van der Waals surface area contributed by atoms with E-state index in [4.69, 9.17) is 16.6 Å². The predicted molar refractivity (Wildman–Crippen MR) is 150 cm³/mol. The third kappa shape index (κ3) is 5.33. The zero-order valence-electron chi connectivity index (χ0n) is 21.7. The Morgan fingerprint density at radius 2 is 1.78 bits per heavy atom. The van der Waals surface area contributed by atoms with Gasteiger partial charge in [0.15, 0.2) is 0 Å². The molecule has 4 aromatic rings. The summed E-state index contributed by atoms with van der Waals surface area (Å²) >= 11 is 6.33. The molecule has 0 radical (unpaired) electrons. The van der Waals surface area contributed by atoms with E-state index in [1.54, 1.807) is 18.2 Å². The van der Waals surface area contributed by atoms with Gasteiger partial charge in [-0.05, 0) is 61.7 Å². The maximum absolute atomic E-state index is 13.9. The summed E-state index contributed by atoms with van der Waals surface area (Å²) in [6.07, 6.45) is 4.56. The highest BCUT2D eigenvalue weighted by molar-refractivity contribution is 6.31. The van der Waals surface area contributed by atoms with Crippen LogP contribution in [0.4, 0.5) is 0 Å². The number of halogens is 1. The van der Waals surface area contributed by atoms with E-state index in [-0.39, 0.29) is 17.6 Å². The Labute approximate surface area is 223 Å². The molecule has 2 aromatic carbocycles. The van der Waals surface area contributed by atoms with Crippen LogP contribution in [0.3, 0.4) is 0 Å². The molecule has 192 valence electrons. The van der Waals surface area contributed by atoms with Gasteiger partial charge in [0.05, 0.1) is 23.5 Å². The molecule has 0 spiro atoms. The van der Waals surface area contributed by atoms with Crippen molar-refractivity contribution in [1.82, 2.24) is 24.3 Å². The van der Waals surface area contributed by atoms with E-state index >= 15 is 0 Å². The lowest BCUT2D eigenvalue weighted by Gasteiger charge is -2.46. The number of aromatic nitrogens is 3. The molecular weight excluding hydrogens is 482 g/mol. The average molecular weight is 516 g/mol. The van der Waals surface area contributed by atoms with Crippen molar-refractivity contribution in [1.29, 1.82) is 0 Å². The summed E-state index contributed by atoms with van der Waals surface area (Å²) in [5.41, 5.74) is 2.93. The van der Waals surface area contributed by atoms with Crippen LogP contribution in [0, 0.1) is 0 Å². The molecule has 1 saturated heterocycles. The quantitative estimate of drug-likeness (QED) is 0.315. The summed E-state index contributed by atoms with van der Waals surface area (Å²) in [5.74, 6) is 0.795. The summed E-state index contributed by atoms with van der Waals surface area (Å²) in [5, 5.41) is 1.17. The lowest BCUT2D eigenvalue weighted by Crippen LogP contribution is -2.52. The van der Waals surface area contributed by atoms with Crippen molar-refractivity contribution in [2.75, 3.05) is 19.6 Å². The number of rotatable bonds is 7. The van der Waals surface area contributed by atoms with Gasteiger partial charge in [-0.25, -0.2) is 4.98 Å². The molecule has 0 amide bonds. The van der Waals surface area contributed by atoms with Crippen LogP contribution in [0.5, 0.6) is 0 Å². The number of benzene rings is 2. The van der Waals surface area contributed by atoms with Gasteiger partial charge in [0, 0.05) is 49.1 Å². The van der Waals surface area contributed by atoms with E-state index in [1.165, 1.54) is 5.56 Å². The van der Waals surface area contributed by atoms with Gasteiger partial charge in [0.2, 0.25) is 0 Å². The van der Waals surface area contributed by atoms with Gasteiger partial charge in [-0.2, -0.15) is 0 Å². The van der Waals surface area contributed by atoms with E-state index in [9.17, 15) is 4.79 Å². The van der Waals surface area contributed by atoms with E-state index in [0.29, 0.717) is 28.5 Å². The average Bonchev–Trinajstić information content (AvgIpc) is 2.92. The first kappa shape index (κ1) is 25.6. The van der Waals surface area contributed by atoms with Crippen LogP contribution >= 0.6 is 11.6 Å². The fourth-order valence-electron chi connectivity index (χ4n) is 5.49. The van der Waals surface area contributed by atoms with Crippen LogP contribution in [-0.4, -0.2) is 50.0 Å². The lowest BCUT2D eigenvalue weighted by atomic mass is 9.98. The normalized spacial score (nSPS) is 17.9. The smallest absolute Gasteiger partial charge is 0.261 e. The highest BCUT2D eigenvalue weighted by Crippen LogP contribution is 2.35. The number of pyridine rings is 1. The lowest BCUT2D eigenvalue weighted by molar-refractivity contribution is 0.0198. The van der Waals surface area contributed by atoms with Crippen molar-refractivity contribution >= 4 is 22.5 Å². The molecule has 1 aliphatic heterocycles. The third-order valence-corrected chi connectivity index (χ3v) is 7.72. The summed E-state index contributed by atoms with van der Waals surface area (Å²) in [7, 11) is 0. The number of fused-ring (bicyclic) bond motifs is 1. The van der Waals surface area contributed by atoms with E-state index in [0.717, 1.165) is 37.4 Å². The number of hydrogen-bond acceptors (Lipinski definition) is 5. The molecule has 3 heterocycles. The first-order valence-electron chi connectivity index (χ1n) is 13.1. The largest absolute Gasteiger partial charge is 0.298 e. The Bertz CT molecular complexity index is 1410. The maximum atomic E-state index is 13.9. The molecule has 0 aliphatic carbocycles. The molecule has 0 bridgehead atoms. The van der Waals surface area contributed by atoms with E-state index in [2.05, 4.69) is 59.8 Å². The standard InChI is InChI=1S/C30H34ClN5O/c1-4-27(35-17-16-34(21(2)3)20-28(35)23-12-14-32-15-13-23)29-33-26-18-24(31)10-11-25(26)30(37)36(29)19-22-8-6-5-7-9-22/h5-15,18,21,27-28H,4,16-17,19-20H2,1-3H3. The summed E-state index contributed by atoms with van der Waals surface area (Å²) in [4.78, 5) is 28.4. The molecule has 0 saturated carbocycles. The number of hydrogen-bond donors (Lipinski definition) is 0. The molecule has 2 atom stereocenters. The summed E-state index contributed by atoms with van der Waals surface area (Å²) in [6.45, 7) is 9.94. The Morgan fingerprint density at radius 1 is 1.03 bits per heavy atom. The molecule has 5 rings (SSSR count). The zero-order valence-corrected chi connectivity index (χ0v) is 22.5. The van der Waals surface area contributed by atoms with Gasteiger partial charge in [-0.15, -0.1) is 0 Å². The SMILES string of the molecule is CCC(c1nc2cc(Cl)ccc2c(=O)n1Cc1ccccc1)N1CCN(C(C)C)CC1c1ccncc1. The predicted octanol–water partition coefficient (Wildman–Crippen LogP) is 5.71. The minimum atomic E-state index is -0.0349. The number of nitrogens with zero attached hydrogens (tertiary/aromatic N) is 5. The van der Waals surface area contributed by atoms with E-state index < -0.39 is 0 Å². The van der Waals surface area contributed by atoms with Crippen molar-refractivity contribution in [3.63, 3.8) is 0 Å². The molecule has 2 aromatic heterocycles.